The standard InChI is InChI=1S/C3H2Cl3F3/c4-1(7)3(5,6)2(8)9/h1-2H. The van der Waals surface area contributed by atoms with Gasteiger partial charge in [-0.15, -0.1) is 0 Å². The van der Waals surface area contributed by atoms with Crippen molar-refractivity contribution in [3.63, 3.8) is 0 Å². The van der Waals surface area contributed by atoms with Crippen molar-refractivity contribution in [2.75, 3.05) is 0 Å². The van der Waals surface area contributed by atoms with Crippen LogP contribution in [0, 0.1) is 0 Å². The molecule has 0 rings (SSSR count). The Morgan fingerprint density at radius 3 is 1.44 bits per heavy atom. The van der Waals surface area contributed by atoms with Crippen LogP contribution in [-0.4, -0.2) is 16.4 Å². The van der Waals surface area contributed by atoms with Crippen LogP contribution < -0.4 is 0 Å². The summed E-state index contributed by atoms with van der Waals surface area (Å²) in [4.78, 5) is 0. The van der Waals surface area contributed by atoms with E-state index in [0.29, 0.717) is 0 Å². The maximum atomic E-state index is 11.8. The molecule has 0 spiro atoms. The third kappa shape index (κ3) is 2.40. The minimum atomic E-state index is -3.19. The quantitative estimate of drug-likeness (QED) is 0.603. The SMILES string of the molecule is FC(F)C(Cl)(Cl)C(F)Cl. The van der Waals surface area contributed by atoms with Crippen molar-refractivity contribution in [2.24, 2.45) is 0 Å². The molecule has 0 fully saturated rings. The Kier molecular flexibility index (Phi) is 3.40. The van der Waals surface area contributed by atoms with Gasteiger partial charge < -0.3 is 0 Å². The van der Waals surface area contributed by atoms with Gasteiger partial charge in [-0.05, 0) is 0 Å². The number of hydrogen-bond donors (Lipinski definition) is 0. The van der Waals surface area contributed by atoms with Gasteiger partial charge in [-0.25, -0.2) is 13.2 Å². The molecule has 0 aliphatic rings. The van der Waals surface area contributed by atoms with E-state index in [4.69, 9.17) is 23.2 Å². The van der Waals surface area contributed by atoms with Crippen LogP contribution in [0.15, 0.2) is 0 Å². The van der Waals surface area contributed by atoms with Gasteiger partial charge in [-0.2, -0.15) is 0 Å². The molecule has 1 unspecified atom stereocenters. The fourth-order valence-corrected chi connectivity index (χ4v) is 0.190. The molecule has 0 aromatic carbocycles. The lowest BCUT2D eigenvalue weighted by atomic mass is 10.5. The molecule has 0 aromatic heterocycles. The van der Waals surface area contributed by atoms with Crippen molar-refractivity contribution < 1.29 is 13.2 Å². The fourth-order valence-electron chi connectivity index (χ4n) is 0.0952. The van der Waals surface area contributed by atoms with Gasteiger partial charge in [0.2, 0.25) is 9.96 Å². The van der Waals surface area contributed by atoms with E-state index in [9.17, 15) is 13.2 Å². The van der Waals surface area contributed by atoms with Crippen LogP contribution in [-0.2, 0) is 0 Å². The Bertz CT molecular complexity index is 82.3. The van der Waals surface area contributed by atoms with Crippen LogP contribution >= 0.6 is 34.8 Å². The van der Waals surface area contributed by atoms with Gasteiger partial charge >= 0.3 is 0 Å². The largest absolute Gasteiger partial charge is 0.275 e. The summed E-state index contributed by atoms with van der Waals surface area (Å²) in [6.45, 7) is 0. The first kappa shape index (κ1) is 9.66. The number of halogens is 6. The fraction of sp³-hybridized carbons (Fsp3) is 1.00. The molecule has 1 atom stereocenters. The highest BCUT2D eigenvalue weighted by Crippen LogP contribution is 2.36. The van der Waals surface area contributed by atoms with Crippen molar-refractivity contribution in [3.8, 4) is 0 Å². The van der Waals surface area contributed by atoms with Gasteiger partial charge in [0.05, 0.1) is 0 Å². The van der Waals surface area contributed by atoms with E-state index in [0.717, 1.165) is 0 Å². The average Bonchev–Trinajstić information content (AvgIpc) is 1.65. The van der Waals surface area contributed by atoms with E-state index >= 15 is 0 Å². The molecule has 0 N–H and O–H groups in total. The zero-order valence-corrected chi connectivity index (χ0v) is 6.19. The lowest BCUT2D eigenvalue weighted by molar-refractivity contribution is 0.107. The first-order valence-electron chi connectivity index (χ1n) is 1.83. The lowest BCUT2D eigenvalue weighted by Crippen LogP contribution is -2.31. The maximum absolute atomic E-state index is 11.8. The van der Waals surface area contributed by atoms with Gasteiger partial charge in [0.15, 0.2) is 0 Å². The molecular formula is C3H2Cl3F3. The molecule has 0 saturated heterocycles. The zero-order valence-electron chi connectivity index (χ0n) is 3.92. The molecule has 6 heteroatoms. The highest BCUT2D eigenvalue weighted by atomic mass is 35.5. The van der Waals surface area contributed by atoms with Gasteiger partial charge in [-0.1, -0.05) is 34.8 Å². The minimum absolute atomic E-state index is 2.46. The van der Waals surface area contributed by atoms with Gasteiger partial charge in [0, 0.05) is 0 Å². The smallest absolute Gasteiger partial charge is 0.226 e. The molecule has 0 aliphatic heterocycles. The van der Waals surface area contributed by atoms with Crippen LogP contribution in [0.3, 0.4) is 0 Å². The molecule has 0 aliphatic carbocycles. The molecule has 56 valence electrons. The third-order valence-corrected chi connectivity index (χ3v) is 1.86. The van der Waals surface area contributed by atoms with E-state index in [-0.39, 0.29) is 0 Å². The molecule has 0 nitrogen and oxygen atoms in total. The zero-order chi connectivity index (χ0) is 7.65. The third-order valence-electron chi connectivity index (χ3n) is 0.582. The minimum Gasteiger partial charge on any atom is -0.226 e. The van der Waals surface area contributed by atoms with Crippen molar-refractivity contribution in [2.45, 2.75) is 16.4 Å². The molecule has 0 amide bonds. The predicted molar refractivity (Wildman–Crippen MR) is 31.2 cm³/mol. The summed E-state index contributed by atoms with van der Waals surface area (Å²) in [5, 5.41) is 0. The predicted octanol–water partition coefficient (Wildman–Crippen LogP) is 2.96. The second-order valence-corrected chi connectivity index (χ2v) is 3.10. The lowest BCUT2D eigenvalue weighted by Gasteiger charge is -2.17. The summed E-state index contributed by atoms with van der Waals surface area (Å²) in [7, 11) is 0. The molecule has 9 heavy (non-hydrogen) atoms. The van der Waals surface area contributed by atoms with Crippen LogP contribution in [0.25, 0.3) is 0 Å². The highest BCUT2D eigenvalue weighted by molar-refractivity contribution is 6.52. The Morgan fingerprint density at radius 2 is 1.44 bits per heavy atom. The summed E-state index contributed by atoms with van der Waals surface area (Å²) in [6.07, 6.45) is -3.19. The van der Waals surface area contributed by atoms with Crippen LogP contribution in [0.2, 0.25) is 0 Å². The normalized spacial score (nSPS) is 16.3. The first-order valence-corrected chi connectivity index (χ1v) is 3.02. The molecule has 0 bridgehead atoms. The van der Waals surface area contributed by atoms with Crippen LogP contribution in [0.1, 0.15) is 0 Å². The van der Waals surface area contributed by atoms with Crippen molar-refractivity contribution >= 4 is 34.8 Å². The first-order chi connectivity index (χ1) is 3.89. The van der Waals surface area contributed by atoms with Gasteiger partial charge in [-0.3, -0.25) is 0 Å². The van der Waals surface area contributed by atoms with E-state index in [1.54, 1.807) is 0 Å². The monoisotopic (exact) mass is 200 g/mol. The van der Waals surface area contributed by atoms with Crippen LogP contribution in [0.4, 0.5) is 13.2 Å². The maximum Gasteiger partial charge on any atom is 0.275 e. The number of hydrogen-bond acceptors (Lipinski definition) is 0. The van der Waals surface area contributed by atoms with Gasteiger partial charge in [0.1, 0.15) is 0 Å². The molecule has 0 heterocycles. The average molecular weight is 201 g/mol. The Labute approximate surface area is 64.9 Å². The van der Waals surface area contributed by atoms with Crippen molar-refractivity contribution in [3.05, 3.63) is 0 Å². The van der Waals surface area contributed by atoms with E-state index in [2.05, 4.69) is 11.6 Å². The second kappa shape index (κ2) is 3.17. The topological polar surface area (TPSA) is 0 Å². The van der Waals surface area contributed by atoms with E-state index in [1.165, 1.54) is 0 Å². The Morgan fingerprint density at radius 1 is 1.11 bits per heavy atom. The number of rotatable bonds is 2. The number of alkyl halides is 6. The summed E-state index contributed by atoms with van der Waals surface area (Å²) in [5.41, 5.74) is -2.46. The summed E-state index contributed by atoms with van der Waals surface area (Å²) in [5.74, 6) is 0. The molecule has 0 radical (unpaired) electrons. The highest BCUT2D eigenvalue weighted by Gasteiger charge is 2.43. The molecule has 0 aromatic rings. The van der Waals surface area contributed by atoms with Crippen molar-refractivity contribution in [1.82, 2.24) is 0 Å². The van der Waals surface area contributed by atoms with Gasteiger partial charge in [0.25, 0.3) is 6.43 Å². The van der Waals surface area contributed by atoms with Crippen LogP contribution in [0.5, 0.6) is 0 Å². The van der Waals surface area contributed by atoms with Crippen molar-refractivity contribution in [1.29, 1.82) is 0 Å². The van der Waals surface area contributed by atoms with E-state index < -0.39 is 16.4 Å². The summed E-state index contributed by atoms with van der Waals surface area (Å²) >= 11 is 14.0. The summed E-state index contributed by atoms with van der Waals surface area (Å²) in [6, 6.07) is 0. The summed E-state index contributed by atoms with van der Waals surface area (Å²) < 4.78 is 31.9. The molecule has 0 saturated carbocycles. The second-order valence-electron chi connectivity index (χ2n) is 1.28. The van der Waals surface area contributed by atoms with E-state index in [1.807, 2.05) is 0 Å². The Balaban J connectivity index is 4.01. The molecular weight excluding hydrogens is 199 g/mol. The Hall–Kier alpha value is 0.660.